The van der Waals surface area contributed by atoms with Crippen molar-refractivity contribution in [2.45, 2.75) is 13.8 Å². The zero-order chi connectivity index (χ0) is 8.15. The van der Waals surface area contributed by atoms with Crippen LogP contribution in [0.15, 0.2) is 0 Å². The summed E-state index contributed by atoms with van der Waals surface area (Å²) in [5, 5.41) is 18.2. The highest BCUT2D eigenvalue weighted by molar-refractivity contribution is 5.69. The molecule has 0 aliphatic carbocycles. The molecule has 4 heteroatoms. The number of carbonyl (C=O) groups is 1. The number of rotatable bonds is 4. The Kier molecular flexibility index (Phi) is 3.99. The topological polar surface area (TPSA) is 60.8 Å². The summed E-state index contributed by atoms with van der Waals surface area (Å²) in [6.07, 6.45) is 0. The third-order valence-electron chi connectivity index (χ3n) is 1.27. The predicted molar refractivity (Wildman–Crippen MR) is 35.8 cm³/mol. The van der Waals surface area contributed by atoms with Gasteiger partial charge < -0.3 is 10.3 Å². The molecular weight excluding hydrogens is 134 g/mol. The molecule has 0 amide bonds. The summed E-state index contributed by atoms with van der Waals surface area (Å²) in [6, 6.07) is 0. The van der Waals surface area contributed by atoms with Crippen LogP contribution in [0.4, 0.5) is 0 Å². The smallest absolute Gasteiger partial charge is 0.307 e. The first kappa shape index (κ1) is 9.39. The number of hydroxylamine groups is 2. The minimum absolute atomic E-state index is 0.186. The van der Waals surface area contributed by atoms with Gasteiger partial charge in [0.05, 0.1) is 5.92 Å². The lowest BCUT2D eigenvalue weighted by molar-refractivity contribution is -0.148. The molecule has 0 rings (SSSR count). The summed E-state index contributed by atoms with van der Waals surface area (Å²) in [5.74, 6) is -1.39. The number of carboxylic acids is 1. The second-order valence-corrected chi connectivity index (χ2v) is 2.24. The Morgan fingerprint density at radius 3 is 2.50 bits per heavy atom. The van der Waals surface area contributed by atoms with E-state index in [9.17, 15) is 4.79 Å². The van der Waals surface area contributed by atoms with Gasteiger partial charge in [-0.2, -0.15) is 5.06 Å². The molecule has 10 heavy (non-hydrogen) atoms. The third kappa shape index (κ3) is 3.42. The molecular formula is C6H13NO3. The van der Waals surface area contributed by atoms with Gasteiger partial charge in [-0.15, -0.1) is 0 Å². The first-order valence-electron chi connectivity index (χ1n) is 3.24. The van der Waals surface area contributed by atoms with Crippen molar-refractivity contribution in [1.82, 2.24) is 5.06 Å². The summed E-state index contributed by atoms with van der Waals surface area (Å²) in [7, 11) is 0. The normalized spacial score (nSPS) is 13.6. The van der Waals surface area contributed by atoms with Crippen molar-refractivity contribution < 1.29 is 15.1 Å². The number of hydrogen-bond acceptors (Lipinski definition) is 3. The van der Waals surface area contributed by atoms with E-state index in [-0.39, 0.29) is 6.54 Å². The lowest BCUT2D eigenvalue weighted by Crippen LogP contribution is -2.28. The number of carboxylic acid groups (broad SMARTS) is 1. The van der Waals surface area contributed by atoms with Gasteiger partial charge in [-0.25, -0.2) is 0 Å². The Morgan fingerprint density at radius 2 is 2.20 bits per heavy atom. The monoisotopic (exact) mass is 147 g/mol. The molecule has 0 heterocycles. The zero-order valence-electron chi connectivity index (χ0n) is 6.24. The van der Waals surface area contributed by atoms with Gasteiger partial charge in [0.15, 0.2) is 0 Å². The van der Waals surface area contributed by atoms with E-state index in [1.54, 1.807) is 13.8 Å². The van der Waals surface area contributed by atoms with Gasteiger partial charge in [0.25, 0.3) is 0 Å². The highest BCUT2D eigenvalue weighted by Crippen LogP contribution is 1.96. The van der Waals surface area contributed by atoms with Crippen LogP contribution >= 0.6 is 0 Å². The first-order chi connectivity index (χ1) is 4.57. The Morgan fingerprint density at radius 1 is 1.70 bits per heavy atom. The molecule has 0 saturated heterocycles. The van der Waals surface area contributed by atoms with Crippen LogP contribution in [0.3, 0.4) is 0 Å². The average Bonchev–Trinajstić information content (AvgIpc) is 1.87. The quantitative estimate of drug-likeness (QED) is 0.566. The molecule has 2 N–H and O–H groups in total. The van der Waals surface area contributed by atoms with Gasteiger partial charge in [-0.3, -0.25) is 4.79 Å². The van der Waals surface area contributed by atoms with Crippen molar-refractivity contribution in [1.29, 1.82) is 0 Å². The number of nitrogens with zero attached hydrogens (tertiary/aromatic N) is 1. The second-order valence-electron chi connectivity index (χ2n) is 2.24. The van der Waals surface area contributed by atoms with Crippen molar-refractivity contribution in [3.8, 4) is 0 Å². The molecule has 0 aromatic heterocycles. The van der Waals surface area contributed by atoms with E-state index >= 15 is 0 Å². The minimum Gasteiger partial charge on any atom is -0.481 e. The van der Waals surface area contributed by atoms with Gasteiger partial charge in [0, 0.05) is 13.1 Å². The standard InChI is InChI=1S/C6H13NO3/c1-3-7(10)4-5(2)6(8)9/h5,10H,3-4H2,1-2H3,(H,8,9). The summed E-state index contributed by atoms with van der Waals surface area (Å²) in [4.78, 5) is 10.2. The van der Waals surface area contributed by atoms with Gasteiger partial charge in [0.1, 0.15) is 0 Å². The molecule has 0 aromatic carbocycles. The number of aliphatic carboxylic acids is 1. The van der Waals surface area contributed by atoms with Crippen molar-refractivity contribution in [2.75, 3.05) is 13.1 Å². The van der Waals surface area contributed by atoms with Crippen molar-refractivity contribution >= 4 is 5.97 Å². The fourth-order valence-electron chi connectivity index (χ4n) is 0.523. The molecule has 0 aromatic rings. The molecule has 0 radical (unpaired) electrons. The highest BCUT2D eigenvalue weighted by atomic mass is 16.5. The summed E-state index contributed by atoms with van der Waals surface area (Å²) in [5.41, 5.74) is 0. The molecule has 4 nitrogen and oxygen atoms in total. The van der Waals surface area contributed by atoms with Gasteiger partial charge in [-0.1, -0.05) is 13.8 Å². The molecule has 0 aliphatic rings. The van der Waals surface area contributed by atoms with Crippen molar-refractivity contribution in [3.63, 3.8) is 0 Å². The van der Waals surface area contributed by atoms with Gasteiger partial charge in [-0.05, 0) is 0 Å². The maximum Gasteiger partial charge on any atom is 0.307 e. The van der Waals surface area contributed by atoms with Crippen LogP contribution in [-0.4, -0.2) is 34.4 Å². The van der Waals surface area contributed by atoms with Crippen LogP contribution in [0.2, 0.25) is 0 Å². The van der Waals surface area contributed by atoms with Crippen LogP contribution in [0.1, 0.15) is 13.8 Å². The van der Waals surface area contributed by atoms with Crippen LogP contribution < -0.4 is 0 Å². The van der Waals surface area contributed by atoms with E-state index < -0.39 is 11.9 Å². The van der Waals surface area contributed by atoms with E-state index in [1.165, 1.54) is 0 Å². The van der Waals surface area contributed by atoms with Crippen molar-refractivity contribution in [3.05, 3.63) is 0 Å². The summed E-state index contributed by atoms with van der Waals surface area (Å²) in [6.45, 7) is 3.96. The van der Waals surface area contributed by atoms with Crippen LogP contribution in [0, 0.1) is 5.92 Å². The fourth-order valence-corrected chi connectivity index (χ4v) is 0.523. The van der Waals surface area contributed by atoms with Gasteiger partial charge in [0.2, 0.25) is 0 Å². The van der Waals surface area contributed by atoms with Crippen LogP contribution in [0.5, 0.6) is 0 Å². The molecule has 0 fully saturated rings. The van der Waals surface area contributed by atoms with Gasteiger partial charge >= 0.3 is 5.97 Å². The van der Waals surface area contributed by atoms with E-state index in [4.69, 9.17) is 10.3 Å². The molecule has 0 saturated carbocycles. The molecule has 0 aliphatic heterocycles. The highest BCUT2D eigenvalue weighted by Gasteiger charge is 2.12. The average molecular weight is 147 g/mol. The Hall–Kier alpha value is -0.610. The lowest BCUT2D eigenvalue weighted by atomic mass is 10.2. The largest absolute Gasteiger partial charge is 0.481 e. The van der Waals surface area contributed by atoms with Crippen LogP contribution in [-0.2, 0) is 4.79 Å². The zero-order valence-corrected chi connectivity index (χ0v) is 6.24. The second kappa shape index (κ2) is 4.24. The third-order valence-corrected chi connectivity index (χ3v) is 1.27. The number of hydrogen-bond donors (Lipinski definition) is 2. The Labute approximate surface area is 60.0 Å². The summed E-state index contributed by atoms with van der Waals surface area (Å²) >= 11 is 0. The van der Waals surface area contributed by atoms with E-state index in [0.29, 0.717) is 6.54 Å². The molecule has 1 unspecified atom stereocenters. The van der Waals surface area contributed by atoms with E-state index in [0.717, 1.165) is 5.06 Å². The van der Waals surface area contributed by atoms with Crippen LogP contribution in [0.25, 0.3) is 0 Å². The molecule has 0 spiro atoms. The maximum absolute atomic E-state index is 10.2. The Balaban J connectivity index is 3.56. The van der Waals surface area contributed by atoms with E-state index in [2.05, 4.69) is 0 Å². The SMILES string of the molecule is CCN(O)CC(C)C(=O)O. The van der Waals surface area contributed by atoms with Crippen molar-refractivity contribution in [2.24, 2.45) is 5.92 Å². The maximum atomic E-state index is 10.2. The first-order valence-corrected chi connectivity index (χ1v) is 3.24. The predicted octanol–water partition coefficient (Wildman–Crippen LogP) is 0.418. The summed E-state index contributed by atoms with van der Waals surface area (Å²) < 4.78 is 0. The minimum atomic E-state index is -0.882. The van der Waals surface area contributed by atoms with E-state index in [1.807, 2.05) is 0 Å². The molecule has 60 valence electrons. The molecule has 1 atom stereocenters. The fraction of sp³-hybridized carbons (Fsp3) is 0.833. The molecule has 0 bridgehead atoms. The Bertz CT molecular complexity index is 116. The lowest BCUT2D eigenvalue weighted by Gasteiger charge is -2.13.